The van der Waals surface area contributed by atoms with Crippen LogP contribution in [0.25, 0.3) is 0 Å². The standard InChI is InChI=1S/C21H23NO3/c1-21(12-23,13-24)22-11-14-10-18-16-7-4-5-9-19(16)25-20(18)17-8-3-2-6-15(14)17/h2-10,15,19,22-24H,11-13H2,1H3. The van der Waals surface area contributed by atoms with Crippen molar-refractivity contribution in [3.8, 4) is 0 Å². The number of fused-ring (bicyclic) bond motifs is 3. The largest absolute Gasteiger partial charge is 0.481 e. The third-order valence-corrected chi connectivity index (χ3v) is 5.21. The summed E-state index contributed by atoms with van der Waals surface area (Å²) >= 11 is 0. The van der Waals surface area contributed by atoms with Crippen LogP contribution in [0.4, 0.5) is 0 Å². The van der Waals surface area contributed by atoms with E-state index in [1.807, 2.05) is 25.2 Å². The third kappa shape index (κ3) is 2.76. The van der Waals surface area contributed by atoms with E-state index in [-0.39, 0.29) is 25.2 Å². The van der Waals surface area contributed by atoms with Crippen molar-refractivity contribution in [3.63, 3.8) is 0 Å². The first-order valence-corrected chi connectivity index (χ1v) is 8.67. The Hall–Kier alpha value is -2.14. The lowest BCUT2D eigenvalue weighted by molar-refractivity contribution is 0.106. The zero-order valence-corrected chi connectivity index (χ0v) is 14.3. The zero-order valence-electron chi connectivity index (χ0n) is 14.3. The minimum absolute atomic E-state index is 0.00818. The highest BCUT2D eigenvalue weighted by Crippen LogP contribution is 2.44. The molecule has 1 aliphatic heterocycles. The second-order valence-corrected chi connectivity index (χ2v) is 7.11. The first kappa shape index (κ1) is 16.3. The Bertz CT molecular complexity index is 788. The van der Waals surface area contributed by atoms with Crippen molar-refractivity contribution in [2.24, 2.45) is 5.92 Å². The number of aliphatic hydroxyl groups is 2. The van der Waals surface area contributed by atoms with Gasteiger partial charge in [-0.25, -0.2) is 0 Å². The third-order valence-electron chi connectivity index (χ3n) is 5.21. The highest BCUT2D eigenvalue weighted by molar-refractivity contribution is 5.63. The molecule has 0 saturated heterocycles. The molecule has 0 bridgehead atoms. The van der Waals surface area contributed by atoms with Gasteiger partial charge in [-0.15, -0.1) is 0 Å². The SMILES string of the molecule is CC(CO)(CO)NCC1=CC2=C3C=CC=CC3OC2=C2C=CC=CC12. The molecule has 0 aromatic carbocycles. The molecule has 0 radical (unpaired) electrons. The molecule has 25 heavy (non-hydrogen) atoms. The molecule has 3 aliphatic carbocycles. The molecule has 4 rings (SSSR count). The number of allylic oxidation sites excluding steroid dienone is 8. The quantitative estimate of drug-likeness (QED) is 0.719. The zero-order chi connectivity index (χ0) is 17.4. The molecule has 0 saturated carbocycles. The molecule has 1 heterocycles. The molecule has 3 N–H and O–H groups in total. The molecular formula is C21H23NO3. The molecule has 0 spiro atoms. The number of nitrogens with one attached hydrogen (secondary N) is 1. The van der Waals surface area contributed by atoms with Crippen molar-refractivity contribution < 1.29 is 14.9 Å². The van der Waals surface area contributed by atoms with E-state index in [4.69, 9.17) is 4.74 Å². The van der Waals surface area contributed by atoms with Crippen molar-refractivity contribution in [1.29, 1.82) is 0 Å². The Morgan fingerprint density at radius 2 is 1.76 bits per heavy atom. The van der Waals surface area contributed by atoms with Crippen molar-refractivity contribution in [1.82, 2.24) is 5.32 Å². The fourth-order valence-corrected chi connectivity index (χ4v) is 3.56. The van der Waals surface area contributed by atoms with Gasteiger partial charge in [0.15, 0.2) is 0 Å². The van der Waals surface area contributed by atoms with Crippen LogP contribution in [-0.4, -0.2) is 41.6 Å². The first-order valence-electron chi connectivity index (χ1n) is 8.67. The summed E-state index contributed by atoms with van der Waals surface area (Å²) in [6, 6.07) is 0. The summed E-state index contributed by atoms with van der Waals surface area (Å²) in [5.41, 5.74) is 4.02. The number of aliphatic hydroxyl groups excluding tert-OH is 2. The Morgan fingerprint density at radius 1 is 1.04 bits per heavy atom. The van der Waals surface area contributed by atoms with Gasteiger partial charge in [0.1, 0.15) is 11.9 Å². The monoisotopic (exact) mass is 337 g/mol. The minimum atomic E-state index is -0.695. The van der Waals surface area contributed by atoms with Gasteiger partial charge in [-0.1, -0.05) is 42.5 Å². The summed E-state index contributed by atoms with van der Waals surface area (Å²) in [6.45, 7) is 2.19. The van der Waals surface area contributed by atoms with E-state index >= 15 is 0 Å². The number of ether oxygens (including phenoxy) is 1. The van der Waals surface area contributed by atoms with E-state index < -0.39 is 5.54 Å². The van der Waals surface area contributed by atoms with Crippen LogP contribution in [0.15, 0.2) is 82.7 Å². The van der Waals surface area contributed by atoms with Crippen LogP contribution in [0.3, 0.4) is 0 Å². The summed E-state index contributed by atoms with van der Waals surface area (Å²) in [6.07, 6.45) is 18.8. The van der Waals surface area contributed by atoms with Gasteiger partial charge in [0.05, 0.1) is 18.8 Å². The highest BCUT2D eigenvalue weighted by atomic mass is 16.5. The van der Waals surface area contributed by atoms with Gasteiger partial charge in [0, 0.05) is 29.2 Å². The maximum absolute atomic E-state index is 9.53. The molecule has 4 nitrogen and oxygen atoms in total. The molecule has 0 fully saturated rings. The topological polar surface area (TPSA) is 61.7 Å². The van der Waals surface area contributed by atoms with Crippen LogP contribution in [0.1, 0.15) is 6.92 Å². The molecule has 4 heteroatoms. The van der Waals surface area contributed by atoms with Crippen LogP contribution in [0.5, 0.6) is 0 Å². The van der Waals surface area contributed by atoms with E-state index in [1.54, 1.807) is 0 Å². The second-order valence-electron chi connectivity index (χ2n) is 7.11. The van der Waals surface area contributed by atoms with Crippen molar-refractivity contribution in [3.05, 3.63) is 82.7 Å². The summed E-state index contributed by atoms with van der Waals surface area (Å²) in [4.78, 5) is 0. The normalized spacial score (nSPS) is 26.4. The Kier molecular flexibility index (Phi) is 4.12. The molecule has 0 aromatic rings. The van der Waals surface area contributed by atoms with Gasteiger partial charge in [-0.3, -0.25) is 0 Å². The first-order chi connectivity index (χ1) is 12.1. The van der Waals surface area contributed by atoms with E-state index in [2.05, 4.69) is 41.8 Å². The summed E-state index contributed by atoms with van der Waals surface area (Å²) in [5, 5.41) is 22.4. The molecule has 2 unspecified atom stereocenters. The summed E-state index contributed by atoms with van der Waals surface area (Å²) in [7, 11) is 0. The van der Waals surface area contributed by atoms with Gasteiger partial charge in [0.25, 0.3) is 0 Å². The van der Waals surface area contributed by atoms with E-state index in [1.165, 1.54) is 16.7 Å². The van der Waals surface area contributed by atoms with Crippen LogP contribution in [0, 0.1) is 5.92 Å². The summed E-state index contributed by atoms with van der Waals surface area (Å²) < 4.78 is 6.21. The Balaban J connectivity index is 1.70. The number of rotatable bonds is 5. The molecule has 130 valence electrons. The minimum Gasteiger partial charge on any atom is -0.481 e. The van der Waals surface area contributed by atoms with Crippen molar-refractivity contribution in [2.75, 3.05) is 19.8 Å². The molecule has 0 amide bonds. The fraction of sp³-hybridized carbons (Fsp3) is 0.333. The lowest BCUT2D eigenvalue weighted by Gasteiger charge is -2.31. The van der Waals surface area contributed by atoms with E-state index in [0.29, 0.717) is 6.54 Å². The maximum atomic E-state index is 9.53. The Labute approximate surface area is 147 Å². The van der Waals surface area contributed by atoms with Crippen LogP contribution < -0.4 is 5.32 Å². The second kappa shape index (κ2) is 6.30. The van der Waals surface area contributed by atoms with Gasteiger partial charge in [-0.2, -0.15) is 0 Å². The maximum Gasteiger partial charge on any atom is 0.143 e. The van der Waals surface area contributed by atoms with Crippen LogP contribution in [-0.2, 0) is 4.74 Å². The molecule has 0 aromatic heterocycles. The van der Waals surface area contributed by atoms with Crippen molar-refractivity contribution >= 4 is 0 Å². The average molecular weight is 337 g/mol. The number of hydrogen-bond acceptors (Lipinski definition) is 4. The van der Waals surface area contributed by atoms with E-state index in [9.17, 15) is 10.2 Å². The Morgan fingerprint density at radius 3 is 2.52 bits per heavy atom. The van der Waals surface area contributed by atoms with Crippen molar-refractivity contribution in [2.45, 2.75) is 18.6 Å². The molecule has 4 aliphatic rings. The van der Waals surface area contributed by atoms with Gasteiger partial charge >= 0.3 is 0 Å². The van der Waals surface area contributed by atoms with Gasteiger partial charge in [0.2, 0.25) is 0 Å². The lowest BCUT2D eigenvalue weighted by atomic mass is 9.79. The molecular weight excluding hydrogens is 314 g/mol. The average Bonchev–Trinajstić information content (AvgIpc) is 3.05. The van der Waals surface area contributed by atoms with Gasteiger partial charge < -0.3 is 20.3 Å². The van der Waals surface area contributed by atoms with Crippen LogP contribution in [0.2, 0.25) is 0 Å². The fourth-order valence-electron chi connectivity index (χ4n) is 3.56. The van der Waals surface area contributed by atoms with Crippen LogP contribution >= 0.6 is 0 Å². The molecule has 2 atom stereocenters. The predicted octanol–water partition coefficient (Wildman–Crippen LogP) is 2.08. The predicted molar refractivity (Wildman–Crippen MR) is 97.6 cm³/mol. The summed E-state index contributed by atoms with van der Waals surface area (Å²) in [5.74, 6) is 1.13. The van der Waals surface area contributed by atoms with E-state index in [0.717, 1.165) is 11.3 Å². The lowest BCUT2D eigenvalue weighted by Crippen LogP contribution is -2.50. The highest BCUT2D eigenvalue weighted by Gasteiger charge is 2.36. The van der Waals surface area contributed by atoms with Gasteiger partial charge in [-0.05, 0) is 24.6 Å². The number of hydrogen-bond donors (Lipinski definition) is 3. The smallest absolute Gasteiger partial charge is 0.143 e.